The van der Waals surface area contributed by atoms with E-state index in [1.807, 2.05) is 13.8 Å². The van der Waals surface area contributed by atoms with E-state index in [1.54, 1.807) is 0 Å². The predicted octanol–water partition coefficient (Wildman–Crippen LogP) is 2.67. The third-order valence-corrected chi connectivity index (χ3v) is 2.95. The Labute approximate surface area is 92.3 Å². The van der Waals surface area contributed by atoms with E-state index in [0.29, 0.717) is 11.8 Å². The van der Waals surface area contributed by atoms with Crippen molar-refractivity contribution in [3.05, 3.63) is 17.3 Å². The van der Waals surface area contributed by atoms with Crippen molar-refractivity contribution < 1.29 is 4.42 Å². The summed E-state index contributed by atoms with van der Waals surface area (Å²) in [5.74, 6) is 3.11. The van der Waals surface area contributed by atoms with Gasteiger partial charge in [-0.05, 0) is 32.2 Å². The average molecular weight is 210 g/mol. The number of rotatable bonds is 5. The lowest BCUT2D eigenvalue weighted by Gasteiger charge is -2.15. The molecule has 1 atom stereocenters. The fraction of sp³-hybridized carbons (Fsp3) is 0.750. The molecule has 0 aliphatic rings. The molecule has 0 saturated heterocycles. The molecule has 1 aromatic rings. The molecule has 0 fully saturated rings. The fourth-order valence-electron chi connectivity index (χ4n) is 1.26. The summed E-state index contributed by atoms with van der Waals surface area (Å²) in [4.78, 5) is 4.32. The predicted molar refractivity (Wildman–Crippen MR) is 61.7 cm³/mol. The molecular weight excluding hydrogens is 188 g/mol. The number of aryl methyl sites for hydroxylation is 2. The topological polar surface area (TPSA) is 38.1 Å². The highest BCUT2D eigenvalue weighted by Crippen LogP contribution is 2.10. The van der Waals surface area contributed by atoms with Gasteiger partial charge in [0.15, 0.2) is 0 Å². The zero-order valence-corrected chi connectivity index (χ0v) is 10.4. The van der Waals surface area contributed by atoms with Gasteiger partial charge in [0.25, 0.3) is 0 Å². The van der Waals surface area contributed by atoms with Crippen LogP contribution in [0.25, 0.3) is 0 Å². The third-order valence-electron chi connectivity index (χ3n) is 2.95. The van der Waals surface area contributed by atoms with E-state index < -0.39 is 0 Å². The monoisotopic (exact) mass is 210 g/mol. The van der Waals surface area contributed by atoms with E-state index in [4.69, 9.17) is 4.42 Å². The van der Waals surface area contributed by atoms with Gasteiger partial charge in [-0.25, -0.2) is 4.98 Å². The second-order valence-corrected chi connectivity index (χ2v) is 4.60. The van der Waals surface area contributed by atoms with Gasteiger partial charge in [-0.1, -0.05) is 20.8 Å². The van der Waals surface area contributed by atoms with Gasteiger partial charge >= 0.3 is 0 Å². The van der Waals surface area contributed by atoms with Crippen molar-refractivity contribution in [2.75, 3.05) is 6.54 Å². The van der Waals surface area contributed by atoms with Gasteiger partial charge < -0.3 is 9.73 Å². The number of nitrogens with zero attached hydrogens (tertiary/aromatic N) is 1. The fourth-order valence-corrected chi connectivity index (χ4v) is 1.26. The van der Waals surface area contributed by atoms with Crippen LogP contribution in [0.5, 0.6) is 0 Å². The van der Waals surface area contributed by atoms with Crippen LogP contribution in [0.4, 0.5) is 0 Å². The summed E-state index contributed by atoms with van der Waals surface area (Å²) in [6, 6.07) is 0. The minimum Gasteiger partial charge on any atom is -0.444 e. The van der Waals surface area contributed by atoms with Gasteiger partial charge in [-0.2, -0.15) is 0 Å². The Morgan fingerprint density at radius 2 is 1.93 bits per heavy atom. The summed E-state index contributed by atoms with van der Waals surface area (Å²) in [6.45, 7) is 12.4. The van der Waals surface area contributed by atoms with Gasteiger partial charge in [-0.3, -0.25) is 0 Å². The van der Waals surface area contributed by atoms with Crippen LogP contribution in [0.1, 0.15) is 38.1 Å². The molecule has 1 aromatic heterocycles. The third kappa shape index (κ3) is 3.67. The van der Waals surface area contributed by atoms with E-state index in [9.17, 15) is 0 Å². The molecule has 0 bridgehead atoms. The first-order chi connectivity index (χ1) is 7.00. The summed E-state index contributed by atoms with van der Waals surface area (Å²) in [5.41, 5.74) is 0.990. The van der Waals surface area contributed by atoms with Crippen LogP contribution in [-0.4, -0.2) is 11.5 Å². The van der Waals surface area contributed by atoms with Crippen LogP contribution in [0, 0.1) is 25.7 Å². The number of nitrogens with one attached hydrogen (secondary N) is 1. The van der Waals surface area contributed by atoms with Crippen LogP contribution in [0.3, 0.4) is 0 Å². The minimum absolute atomic E-state index is 0.683. The second-order valence-electron chi connectivity index (χ2n) is 4.60. The Balaban J connectivity index is 2.32. The number of aromatic nitrogens is 1. The summed E-state index contributed by atoms with van der Waals surface area (Å²) < 4.78 is 5.48. The first-order valence-electron chi connectivity index (χ1n) is 5.64. The van der Waals surface area contributed by atoms with E-state index in [-0.39, 0.29) is 0 Å². The molecule has 0 aromatic carbocycles. The molecule has 0 saturated carbocycles. The molecule has 15 heavy (non-hydrogen) atoms. The summed E-state index contributed by atoms with van der Waals surface area (Å²) in [7, 11) is 0. The Bertz CT molecular complexity index is 285. The number of oxazole rings is 1. The maximum atomic E-state index is 5.48. The van der Waals surface area contributed by atoms with E-state index >= 15 is 0 Å². The van der Waals surface area contributed by atoms with Gasteiger partial charge in [-0.15, -0.1) is 0 Å². The standard InChI is InChI=1S/C12H22N2O/c1-8(2)9(3)6-13-7-12-14-10(4)11(5)15-12/h8-9,13H,6-7H2,1-5H3. The van der Waals surface area contributed by atoms with Gasteiger partial charge in [0.1, 0.15) is 5.76 Å². The molecule has 0 aliphatic carbocycles. The zero-order valence-electron chi connectivity index (χ0n) is 10.4. The second kappa shape index (κ2) is 5.31. The lowest BCUT2D eigenvalue weighted by atomic mass is 9.98. The van der Waals surface area contributed by atoms with E-state index in [2.05, 4.69) is 31.1 Å². The molecule has 1 rings (SSSR count). The Kier molecular flexibility index (Phi) is 4.33. The van der Waals surface area contributed by atoms with Gasteiger partial charge in [0.05, 0.1) is 12.2 Å². The SMILES string of the molecule is Cc1nc(CNCC(C)C(C)C)oc1C. The molecular formula is C12H22N2O. The molecule has 86 valence electrons. The van der Waals surface area contributed by atoms with Crippen molar-refractivity contribution in [3.8, 4) is 0 Å². The van der Waals surface area contributed by atoms with Crippen molar-refractivity contribution >= 4 is 0 Å². The van der Waals surface area contributed by atoms with Crippen LogP contribution in [0.15, 0.2) is 4.42 Å². The molecule has 1 heterocycles. The van der Waals surface area contributed by atoms with Crippen molar-refractivity contribution in [2.24, 2.45) is 11.8 Å². The lowest BCUT2D eigenvalue weighted by Crippen LogP contribution is -2.23. The summed E-state index contributed by atoms with van der Waals surface area (Å²) >= 11 is 0. The molecule has 0 spiro atoms. The quantitative estimate of drug-likeness (QED) is 0.812. The van der Waals surface area contributed by atoms with Crippen molar-refractivity contribution in [1.82, 2.24) is 10.3 Å². The largest absolute Gasteiger partial charge is 0.444 e. The molecule has 1 N–H and O–H groups in total. The maximum Gasteiger partial charge on any atom is 0.208 e. The number of hydrogen-bond donors (Lipinski definition) is 1. The highest BCUT2D eigenvalue weighted by Gasteiger charge is 2.08. The van der Waals surface area contributed by atoms with E-state index in [0.717, 1.165) is 30.4 Å². The van der Waals surface area contributed by atoms with Crippen LogP contribution in [-0.2, 0) is 6.54 Å². The lowest BCUT2D eigenvalue weighted by molar-refractivity contribution is 0.375. The molecule has 0 radical (unpaired) electrons. The van der Waals surface area contributed by atoms with Crippen molar-refractivity contribution in [3.63, 3.8) is 0 Å². The van der Waals surface area contributed by atoms with E-state index in [1.165, 1.54) is 0 Å². The summed E-state index contributed by atoms with van der Waals surface area (Å²) in [6.07, 6.45) is 0. The molecule has 3 heteroatoms. The first-order valence-corrected chi connectivity index (χ1v) is 5.64. The highest BCUT2D eigenvalue weighted by atomic mass is 16.4. The average Bonchev–Trinajstić information content (AvgIpc) is 2.46. The van der Waals surface area contributed by atoms with Crippen molar-refractivity contribution in [2.45, 2.75) is 41.2 Å². The smallest absolute Gasteiger partial charge is 0.208 e. The van der Waals surface area contributed by atoms with Gasteiger partial charge in [0.2, 0.25) is 5.89 Å². The van der Waals surface area contributed by atoms with Gasteiger partial charge in [0, 0.05) is 0 Å². The zero-order chi connectivity index (χ0) is 11.4. The van der Waals surface area contributed by atoms with Crippen molar-refractivity contribution in [1.29, 1.82) is 0 Å². The molecule has 0 amide bonds. The number of hydrogen-bond acceptors (Lipinski definition) is 3. The summed E-state index contributed by atoms with van der Waals surface area (Å²) in [5, 5.41) is 3.37. The maximum absolute atomic E-state index is 5.48. The Morgan fingerprint density at radius 3 is 2.40 bits per heavy atom. The van der Waals surface area contributed by atoms with Crippen LogP contribution < -0.4 is 5.32 Å². The highest BCUT2D eigenvalue weighted by molar-refractivity contribution is 5.05. The first kappa shape index (κ1) is 12.2. The minimum atomic E-state index is 0.683. The van der Waals surface area contributed by atoms with Crippen LogP contribution >= 0.6 is 0 Å². The normalized spacial score (nSPS) is 13.5. The Morgan fingerprint density at radius 1 is 1.27 bits per heavy atom. The molecule has 0 aliphatic heterocycles. The Hall–Kier alpha value is -0.830. The van der Waals surface area contributed by atoms with Crippen LogP contribution in [0.2, 0.25) is 0 Å². The molecule has 3 nitrogen and oxygen atoms in total. The molecule has 1 unspecified atom stereocenters.